The molecule has 46 heavy (non-hydrogen) atoms. The number of nitrogens with one attached hydrogen (secondary N) is 2. The van der Waals surface area contributed by atoms with Crippen molar-refractivity contribution in [2.24, 2.45) is 0 Å². The molecule has 6 rings (SSSR count). The first-order valence-corrected chi connectivity index (χ1v) is 19.7. The monoisotopic (exact) mass is 703 g/mol. The van der Waals surface area contributed by atoms with Crippen molar-refractivity contribution in [3.8, 4) is 0 Å². The Morgan fingerprint density at radius 1 is 0.870 bits per heavy atom. The second-order valence-corrected chi connectivity index (χ2v) is 15.8. The third-order valence-corrected chi connectivity index (χ3v) is 11.4. The van der Waals surface area contributed by atoms with E-state index in [1.165, 1.54) is 61.0 Å². The number of nitrogens with zero attached hydrogens (tertiary/aromatic N) is 7. The lowest BCUT2D eigenvalue weighted by Crippen LogP contribution is -2.45. The van der Waals surface area contributed by atoms with Gasteiger partial charge >= 0.3 is 0 Å². The van der Waals surface area contributed by atoms with Gasteiger partial charge < -0.3 is 20.4 Å². The van der Waals surface area contributed by atoms with Crippen LogP contribution in [0.1, 0.15) is 44.2 Å². The van der Waals surface area contributed by atoms with Crippen molar-refractivity contribution in [3.05, 3.63) is 58.5 Å². The van der Waals surface area contributed by atoms with Crippen molar-refractivity contribution in [1.29, 1.82) is 0 Å². The summed E-state index contributed by atoms with van der Waals surface area (Å²) in [5, 5.41) is 8.34. The number of likely N-dealkylation sites (tertiary alicyclic amines) is 1. The highest BCUT2D eigenvalue weighted by atomic mass is 79.9. The largest absolute Gasteiger partial charge is 0.370 e. The number of aromatic nitrogens is 4. The summed E-state index contributed by atoms with van der Waals surface area (Å²) < 4.78 is 0.801. The molecule has 0 unspecified atom stereocenters. The molecule has 0 spiro atoms. The molecule has 0 radical (unpaired) electrons. The zero-order valence-corrected chi connectivity index (χ0v) is 30.3. The molecule has 0 bridgehead atoms. The van der Waals surface area contributed by atoms with E-state index in [1.807, 2.05) is 12.3 Å². The standard InChI is InChI=1S/C35H47BrN9P/c1-6-24-22-31(45-16-8-15-44(19-20-45)26-11-17-43(3)18-12-26)25(7-2)21-30(24)41-35-39-23-27(36)34(42-35)40-29-10-9-28-32(33(29)46(4)5)38-14-13-37-28/h9-10,13-14,21-23,26H,6-8,11-12,15-20H2,1-5H3,(H2,39,40,41,42). The van der Waals surface area contributed by atoms with Gasteiger partial charge in [-0.1, -0.05) is 21.8 Å². The molecule has 0 saturated carbocycles. The number of hydrogen-bond acceptors (Lipinski definition) is 9. The van der Waals surface area contributed by atoms with Gasteiger partial charge in [-0.05, 0) is 117 Å². The average molecular weight is 705 g/mol. The van der Waals surface area contributed by atoms with E-state index >= 15 is 0 Å². The van der Waals surface area contributed by atoms with Gasteiger partial charge in [0.1, 0.15) is 5.82 Å². The van der Waals surface area contributed by atoms with Gasteiger partial charge in [0.05, 0.1) is 15.5 Å². The summed E-state index contributed by atoms with van der Waals surface area (Å²) in [6.45, 7) is 16.0. The van der Waals surface area contributed by atoms with Gasteiger partial charge in [-0.3, -0.25) is 14.9 Å². The maximum Gasteiger partial charge on any atom is 0.229 e. The Labute approximate surface area is 283 Å². The van der Waals surface area contributed by atoms with Crippen LogP contribution in [-0.2, 0) is 12.8 Å². The first-order valence-electron chi connectivity index (χ1n) is 16.7. The van der Waals surface area contributed by atoms with E-state index in [-0.39, 0.29) is 0 Å². The molecule has 2 aromatic heterocycles. The van der Waals surface area contributed by atoms with Gasteiger partial charge in [-0.2, -0.15) is 4.98 Å². The highest BCUT2D eigenvalue weighted by Gasteiger charge is 2.26. The number of piperidine rings is 1. The van der Waals surface area contributed by atoms with E-state index in [0.29, 0.717) is 11.8 Å². The van der Waals surface area contributed by atoms with Gasteiger partial charge in [0.15, 0.2) is 0 Å². The Hall–Kier alpha value is -2.91. The van der Waals surface area contributed by atoms with Crippen LogP contribution in [0.15, 0.2) is 47.3 Å². The summed E-state index contributed by atoms with van der Waals surface area (Å²) in [4.78, 5) is 26.6. The van der Waals surface area contributed by atoms with E-state index in [2.05, 4.69) is 109 Å². The molecule has 11 heteroatoms. The molecule has 2 saturated heterocycles. The fraction of sp³-hybridized carbons (Fsp3) is 0.486. The van der Waals surface area contributed by atoms with Crippen molar-refractivity contribution < 1.29 is 0 Å². The summed E-state index contributed by atoms with van der Waals surface area (Å²) in [6, 6.07) is 9.57. The normalized spacial score (nSPS) is 17.1. The van der Waals surface area contributed by atoms with Crippen LogP contribution in [0.2, 0.25) is 0 Å². The first kappa shape index (κ1) is 33.0. The smallest absolute Gasteiger partial charge is 0.229 e. The van der Waals surface area contributed by atoms with E-state index in [0.717, 1.165) is 65.4 Å². The number of benzene rings is 2. The van der Waals surface area contributed by atoms with Crippen molar-refractivity contribution in [2.75, 3.05) is 75.2 Å². The predicted molar refractivity (Wildman–Crippen MR) is 198 cm³/mol. The Bertz CT molecular complexity index is 1660. The third kappa shape index (κ3) is 7.30. The molecule has 2 aliphatic rings. The predicted octanol–water partition coefficient (Wildman–Crippen LogP) is 6.77. The molecule has 0 aliphatic carbocycles. The van der Waals surface area contributed by atoms with Gasteiger partial charge in [-0.15, -0.1) is 0 Å². The van der Waals surface area contributed by atoms with Crippen molar-refractivity contribution in [2.45, 2.75) is 52.0 Å². The highest BCUT2D eigenvalue weighted by Crippen LogP contribution is 2.35. The average Bonchev–Trinajstić information content (AvgIpc) is 3.32. The lowest BCUT2D eigenvalue weighted by molar-refractivity contribution is 0.127. The minimum Gasteiger partial charge on any atom is -0.370 e. The minimum absolute atomic E-state index is 0.448. The second-order valence-electron chi connectivity index (χ2n) is 12.7. The number of hydrogen-bond donors (Lipinski definition) is 2. The first-order chi connectivity index (χ1) is 22.3. The van der Waals surface area contributed by atoms with E-state index in [9.17, 15) is 0 Å². The molecule has 0 atom stereocenters. The van der Waals surface area contributed by atoms with Gasteiger partial charge in [0, 0.05) is 73.2 Å². The van der Waals surface area contributed by atoms with Crippen LogP contribution in [0.5, 0.6) is 0 Å². The van der Waals surface area contributed by atoms with Crippen molar-refractivity contribution >= 4 is 69.0 Å². The van der Waals surface area contributed by atoms with E-state index < -0.39 is 7.92 Å². The number of aryl methyl sites for hydroxylation is 2. The summed E-state index contributed by atoms with van der Waals surface area (Å²) >= 11 is 3.68. The number of halogens is 1. The van der Waals surface area contributed by atoms with Crippen LogP contribution < -0.4 is 20.8 Å². The summed E-state index contributed by atoms with van der Waals surface area (Å²) in [7, 11) is 1.80. The number of anilines is 5. The number of rotatable bonds is 9. The third-order valence-electron chi connectivity index (χ3n) is 9.45. The van der Waals surface area contributed by atoms with Crippen molar-refractivity contribution in [3.63, 3.8) is 0 Å². The Balaban J connectivity index is 1.22. The maximum absolute atomic E-state index is 4.93. The molecular weight excluding hydrogens is 657 g/mol. The van der Waals surface area contributed by atoms with Gasteiger partial charge in [-0.25, -0.2) is 4.98 Å². The summed E-state index contributed by atoms with van der Waals surface area (Å²) in [6.07, 6.45) is 11.0. The molecule has 2 N–H and O–H groups in total. The SMILES string of the molecule is CCc1cc(N2CCCN(C3CCN(C)CC3)CC2)c(CC)cc1Nc1ncc(Br)c(Nc2ccc3nccnc3c2P(C)C)n1. The maximum atomic E-state index is 4.93. The molecule has 2 aromatic carbocycles. The molecule has 2 fully saturated rings. The van der Waals surface area contributed by atoms with Crippen LogP contribution in [-0.4, -0.2) is 95.4 Å². The van der Waals surface area contributed by atoms with Crippen molar-refractivity contribution in [1.82, 2.24) is 29.7 Å². The molecule has 2 aliphatic heterocycles. The molecule has 0 amide bonds. The summed E-state index contributed by atoms with van der Waals surface area (Å²) in [5.74, 6) is 1.28. The zero-order valence-electron chi connectivity index (χ0n) is 27.9. The van der Waals surface area contributed by atoms with Gasteiger partial charge in [0.25, 0.3) is 0 Å². The van der Waals surface area contributed by atoms with Crippen LogP contribution >= 0.6 is 23.9 Å². The van der Waals surface area contributed by atoms with E-state index in [4.69, 9.17) is 4.98 Å². The Morgan fingerprint density at radius 2 is 1.65 bits per heavy atom. The van der Waals surface area contributed by atoms with Crippen LogP contribution in [0, 0.1) is 0 Å². The highest BCUT2D eigenvalue weighted by molar-refractivity contribution is 9.10. The second kappa shape index (κ2) is 14.9. The van der Waals surface area contributed by atoms with Crippen LogP contribution in [0.3, 0.4) is 0 Å². The lowest BCUT2D eigenvalue weighted by Gasteiger charge is -2.36. The van der Waals surface area contributed by atoms with E-state index in [1.54, 1.807) is 12.4 Å². The fourth-order valence-electron chi connectivity index (χ4n) is 6.90. The minimum atomic E-state index is -0.448. The van der Waals surface area contributed by atoms with Crippen LogP contribution in [0.25, 0.3) is 11.0 Å². The summed E-state index contributed by atoms with van der Waals surface area (Å²) in [5.41, 5.74) is 7.94. The molecule has 9 nitrogen and oxygen atoms in total. The van der Waals surface area contributed by atoms with Gasteiger partial charge in [0.2, 0.25) is 5.95 Å². The Kier molecular flexibility index (Phi) is 10.7. The fourth-order valence-corrected chi connectivity index (χ4v) is 8.40. The topological polar surface area (TPSA) is 85.3 Å². The van der Waals surface area contributed by atoms with Crippen LogP contribution in [0.4, 0.5) is 28.8 Å². The zero-order chi connectivity index (χ0) is 32.2. The Morgan fingerprint density at radius 3 is 2.41 bits per heavy atom. The molecule has 244 valence electrons. The molecule has 4 aromatic rings. The molecular formula is C35H47BrN9P. The molecule has 4 heterocycles. The quantitative estimate of drug-likeness (QED) is 0.184. The lowest BCUT2D eigenvalue weighted by atomic mass is 10.0. The number of fused-ring (bicyclic) bond motifs is 1.